The summed E-state index contributed by atoms with van der Waals surface area (Å²) in [7, 11) is -3.52. The summed E-state index contributed by atoms with van der Waals surface area (Å²) in [5, 5.41) is 3.76. The van der Waals surface area contributed by atoms with E-state index >= 15 is 0 Å². The second-order valence-electron chi connectivity index (χ2n) is 8.31. The number of fused-ring (bicyclic) bond motifs is 1. The van der Waals surface area contributed by atoms with Crippen LogP contribution < -0.4 is 14.8 Å². The number of hydrogen-bond acceptors (Lipinski definition) is 5. The molecule has 178 valence electrons. The normalized spacial score (nSPS) is 18.0. The van der Waals surface area contributed by atoms with E-state index in [1.807, 2.05) is 25.1 Å². The lowest BCUT2D eigenvalue weighted by molar-refractivity contribution is -0.126. The minimum absolute atomic E-state index is 0.0704. The molecule has 4 rings (SSSR count). The molecule has 0 bridgehead atoms. The Morgan fingerprint density at radius 2 is 1.76 bits per heavy atom. The van der Waals surface area contributed by atoms with E-state index in [-0.39, 0.29) is 23.6 Å². The van der Waals surface area contributed by atoms with E-state index in [1.165, 1.54) is 4.31 Å². The van der Waals surface area contributed by atoms with E-state index in [9.17, 15) is 13.2 Å². The summed E-state index contributed by atoms with van der Waals surface area (Å²) in [6.45, 7) is 3.56. The van der Waals surface area contributed by atoms with Gasteiger partial charge in [-0.1, -0.05) is 35.3 Å². The van der Waals surface area contributed by atoms with E-state index in [0.717, 1.165) is 5.56 Å². The molecule has 2 heterocycles. The Hall–Kier alpha value is -2.00. The summed E-state index contributed by atoms with van der Waals surface area (Å²) in [6.07, 6.45) is 0.945. The smallest absolute Gasteiger partial charge is 0.223 e. The van der Waals surface area contributed by atoms with Gasteiger partial charge < -0.3 is 14.8 Å². The van der Waals surface area contributed by atoms with Crippen molar-refractivity contribution < 1.29 is 22.7 Å². The van der Waals surface area contributed by atoms with E-state index in [2.05, 4.69) is 5.32 Å². The quantitative estimate of drug-likeness (QED) is 0.627. The van der Waals surface area contributed by atoms with E-state index in [0.29, 0.717) is 66.3 Å². The number of halogens is 2. The monoisotopic (exact) mass is 512 g/mol. The molecule has 0 aromatic heterocycles. The molecular weight excluding hydrogens is 487 g/mol. The second-order valence-corrected chi connectivity index (χ2v) is 11.1. The first-order valence-corrected chi connectivity index (χ1v) is 13.2. The van der Waals surface area contributed by atoms with Crippen molar-refractivity contribution in [2.75, 3.05) is 26.3 Å². The fraction of sp³-hybridized carbons (Fsp3) is 0.435. The number of carbonyl (C=O) groups excluding carboxylic acids is 1. The van der Waals surface area contributed by atoms with E-state index in [1.54, 1.807) is 18.2 Å². The van der Waals surface area contributed by atoms with Gasteiger partial charge in [-0.05, 0) is 55.2 Å². The Morgan fingerprint density at radius 1 is 1.06 bits per heavy atom. The maximum absolute atomic E-state index is 12.8. The van der Waals surface area contributed by atoms with E-state index in [4.69, 9.17) is 32.7 Å². The van der Waals surface area contributed by atoms with Crippen LogP contribution in [0, 0.1) is 5.92 Å². The third kappa shape index (κ3) is 5.74. The third-order valence-corrected chi connectivity index (χ3v) is 8.57. The molecule has 1 N–H and O–H groups in total. The predicted octanol–water partition coefficient (Wildman–Crippen LogP) is 4.18. The Bertz CT molecular complexity index is 1130. The van der Waals surface area contributed by atoms with Crippen LogP contribution in [0.4, 0.5) is 0 Å². The van der Waals surface area contributed by atoms with Crippen molar-refractivity contribution in [3.63, 3.8) is 0 Å². The number of rotatable bonds is 6. The molecule has 1 fully saturated rings. The average Bonchev–Trinajstić information content (AvgIpc) is 2.81. The van der Waals surface area contributed by atoms with Gasteiger partial charge in [0.05, 0.1) is 21.8 Å². The standard InChI is InChI=1S/C23H26Cl2N2O5S/c1-15(18-3-5-21-22(13-18)32-11-10-31-21)26-23(28)17-6-8-27(9-7-17)33(29,30)14-16-2-4-19(24)20(25)12-16/h2-5,12-13,15,17H,6-11,14H2,1H3,(H,26,28). The number of nitrogens with zero attached hydrogens (tertiary/aromatic N) is 1. The van der Waals surface area contributed by atoms with Crippen LogP contribution in [0.25, 0.3) is 0 Å². The van der Waals surface area contributed by atoms with Gasteiger partial charge >= 0.3 is 0 Å². The maximum Gasteiger partial charge on any atom is 0.223 e. The Labute approximate surface area is 204 Å². The van der Waals surface area contributed by atoms with Gasteiger partial charge in [0.1, 0.15) is 13.2 Å². The molecule has 2 aliphatic heterocycles. The Kier molecular flexibility index (Phi) is 7.38. The van der Waals surface area contributed by atoms with Gasteiger partial charge in [0.15, 0.2) is 11.5 Å². The van der Waals surface area contributed by atoms with Crippen molar-refractivity contribution in [2.24, 2.45) is 5.92 Å². The van der Waals surface area contributed by atoms with Gasteiger partial charge in [0.25, 0.3) is 0 Å². The lowest BCUT2D eigenvalue weighted by Crippen LogP contribution is -2.43. The molecule has 10 heteroatoms. The SMILES string of the molecule is CC(NC(=O)C1CCN(S(=O)(=O)Cc2ccc(Cl)c(Cl)c2)CC1)c1ccc2c(c1)OCCO2. The third-order valence-electron chi connectivity index (χ3n) is 5.98. The predicted molar refractivity (Wildman–Crippen MR) is 127 cm³/mol. The fourth-order valence-electron chi connectivity index (χ4n) is 4.07. The van der Waals surface area contributed by atoms with Crippen LogP contribution in [0.15, 0.2) is 36.4 Å². The van der Waals surface area contributed by atoms with Gasteiger partial charge in [-0.3, -0.25) is 4.79 Å². The molecule has 1 atom stereocenters. The van der Waals surface area contributed by atoms with Crippen LogP contribution in [0.5, 0.6) is 11.5 Å². The van der Waals surface area contributed by atoms with Crippen LogP contribution in [0.3, 0.4) is 0 Å². The highest BCUT2D eigenvalue weighted by molar-refractivity contribution is 7.88. The number of benzene rings is 2. The average molecular weight is 513 g/mol. The molecular formula is C23H26Cl2N2O5S. The second kappa shape index (κ2) is 10.1. The zero-order chi connectivity index (χ0) is 23.6. The van der Waals surface area contributed by atoms with Crippen LogP contribution in [-0.4, -0.2) is 44.9 Å². The molecule has 0 spiro atoms. The van der Waals surface area contributed by atoms with Crippen molar-refractivity contribution in [2.45, 2.75) is 31.6 Å². The highest BCUT2D eigenvalue weighted by atomic mass is 35.5. The first-order valence-electron chi connectivity index (χ1n) is 10.8. The number of amides is 1. The van der Waals surface area contributed by atoms with Crippen molar-refractivity contribution in [1.29, 1.82) is 0 Å². The van der Waals surface area contributed by atoms with Crippen molar-refractivity contribution in [3.05, 3.63) is 57.6 Å². The highest BCUT2D eigenvalue weighted by Crippen LogP contribution is 2.33. The summed E-state index contributed by atoms with van der Waals surface area (Å²) in [6, 6.07) is 10.3. The number of ether oxygens (including phenoxy) is 2. The number of carbonyl (C=O) groups is 1. The first kappa shape index (κ1) is 24.1. The number of hydrogen-bond donors (Lipinski definition) is 1. The molecule has 0 radical (unpaired) electrons. The summed E-state index contributed by atoms with van der Waals surface area (Å²) in [5.41, 5.74) is 1.51. The van der Waals surface area contributed by atoms with Crippen molar-refractivity contribution in [3.8, 4) is 11.5 Å². The van der Waals surface area contributed by atoms with Gasteiger partial charge in [-0.25, -0.2) is 12.7 Å². The molecule has 1 unspecified atom stereocenters. The first-order chi connectivity index (χ1) is 15.7. The summed E-state index contributed by atoms with van der Waals surface area (Å²) in [4.78, 5) is 12.8. The molecule has 1 saturated heterocycles. The Balaban J connectivity index is 1.31. The molecule has 0 saturated carbocycles. The van der Waals surface area contributed by atoms with Crippen LogP contribution in [0.1, 0.15) is 36.9 Å². The summed E-state index contributed by atoms with van der Waals surface area (Å²) in [5.74, 6) is 0.931. The number of piperidine rings is 1. The minimum Gasteiger partial charge on any atom is -0.486 e. The zero-order valence-corrected chi connectivity index (χ0v) is 20.5. The summed E-state index contributed by atoms with van der Waals surface area (Å²) >= 11 is 11.9. The van der Waals surface area contributed by atoms with Crippen LogP contribution >= 0.6 is 23.2 Å². The van der Waals surface area contributed by atoms with E-state index < -0.39 is 10.0 Å². The van der Waals surface area contributed by atoms with Crippen LogP contribution in [-0.2, 0) is 20.6 Å². The highest BCUT2D eigenvalue weighted by Gasteiger charge is 2.32. The number of nitrogens with one attached hydrogen (secondary N) is 1. The van der Waals surface area contributed by atoms with Gasteiger partial charge in [0, 0.05) is 19.0 Å². The van der Waals surface area contributed by atoms with Gasteiger partial charge in [-0.2, -0.15) is 0 Å². The number of sulfonamides is 1. The molecule has 1 amide bonds. The van der Waals surface area contributed by atoms with Crippen molar-refractivity contribution >= 4 is 39.1 Å². The largest absolute Gasteiger partial charge is 0.486 e. The fourth-order valence-corrected chi connectivity index (χ4v) is 5.94. The molecule has 2 aromatic rings. The van der Waals surface area contributed by atoms with Crippen LogP contribution in [0.2, 0.25) is 10.0 Å². The van der Waals surface area contributed by atoms with Crippen molar-refractivity contribution in [1.82, 2.24) is 9.62 Å². The minimum atomic E-state index is -3.52. The molecule has 2 aliphatic rings. The van der Waals surface area contributed by atoms with Gasteiger partial charge in [-0.15, -0.1) is 0 Å². The summed E-state index contributed by atoms with van der Waals surface area (Å²) < 4.78 is 38.3. The Morgan fingerprint density at radius 3 is 2.45 bits per heavy atom. The maximum atomic E-state index is 12.8. The lowest BCUT2D eigenvalue weighted by atomic mass is 9.96. The lowest BCUT2D eigenvalue weighted by Gasteiger charge is -2.31. The molecule has 33 heavy (non-hydrogen) atoms. The van der Waals surface area contributed by atoms with Gasteiger partial charge in [0.2, 0.25) is 15.9 Å². The zero-order valence-electron chi connectivity index (χ0n) is 18.2. The topological polar surface area (TPSA) is 84.9 Å². The molecule has 7 nitrogen and oxygen atoms in total. The molecule has 0 aliphatic carbocycles. The molecule has 2 aromatic carbocycles.